The molecule has 0 saturated heterocycles. The molecule has 0 spiro atoms. The van der Waals surface area contributed by atoms with Gasteiger partial charge < -0.3 is 10.8 Å². The van der Waals surface area contributed by atoms with Crippen molar-refractivity contribution in [1.82, 2.24) is 0 Å². The second-order valence-electron chi connectivity index (χ2n) is 7.88. The van der Waals surface area contributed by atoms with E-state index >= 15 is 0 Å². The second-order valence-corrected chi connectivity index (χ2v) is 18.8. The molecule has 0 aromatic rings. The fourth-order valence-corrected chi connectivity index (χ4v) is 7.52. The largest absolute Gasteiger partial charge is 0.390 e. The van der Waals surface area contributed by atoms with Gasteiger partial charge in [0.05, 0.1) is 5.60 Å². The zero-order chi connectivity index (χ0) is 13.2. The highest BCUT2D eigenvalue weighted by molar-refractivity contribution is 6.78. The normalized spacial score (nSPS) is 16.3. The molecule has 0 fully saturated rings. The van der Waals surface area contributed by atoms with Crippen molar-refractivity contribution < 1.29 is 5.11 Å². The Labute approximate surface area is 104 Å². The molecule has 0 amide bonds. The van der Waals surface area contributed by atoms with Gasteiger partial charge in [-0.3, -0.25) is 0 Å². The third-order valence-corrected chi connectivity index (χ3v) is 5.86. The maximum absolute atomic E-state index is 10.8. The van der Waals surface area contributed by atoms with E-state index in [1.54, 1.807) is 0 Å². The zero-order valence-corrected chi connectivity index (χ0v) is 14.2. The molecule has 0 bridgehead atoms. The van der Waals surface area contributed by atoms with Gasteiger partial charge in [0, 0.05) is 22.2 Å². The van der Waals surface area contributed by atoms with Gasteiger partial charge in [-0.1, -0.05) is 39.3 Å². The lowest BCUT2D eigenvalue weighted by molar-refractivity contribution is 0.0626. The van der Waals surface area contributed by atoms with Crippen molar-refractivity contribution >= 4 is 16.1 Å². The molecule has 0 aromatic heterocycles. The Morgan fingerprint density at radius 1 is 1.00 bits per heavy atom. The lowest BCUT2D eigenvalue weighted by Gasteiger charge is -2.38. The van der Waals surface area contributed by atoms with Gasteiger partial charge in [-0.2, -0.15) is 0 Å². The molecule has 0 aliphatic heterocycles. The highest BCUT2D eigenvalue weighted by Gasteiger charge is 2.37. The van der Waals surface area contributed by atoms with E-state index in [9.17, 15) is 5.11 Å². The van der Waals surface area contributed by atoms with Crippen LogP contribution in [-0.2, 0) is 0 Å². The molecule has 1 atom stereocenters. The molecule has 0 aliphatic carbocycles. The van der Waals surface area contributed by atoms with E-state index in [-0.39, 0.29) is 6.04 Å². The van der Waals surface area contributed by atoms with E-state index in [0.29, 0.717) is 0 Å². The lowest BCUT2D eigenvalue weighted by atomic mass is 10.0. The summed E-state index contributed by atoms with van der Waals surface area (Å²) in [6, 6.07) is 2.05. The summed E-state index contributed by atoms with van der Waals surface area (Å²) in [5.41, 5.74) is 5.38. The van der Waals surface area contributed by atoms with Crippen LogP contribution in [0.5, 0.6) is 0 Å². The van der Waals surface area contributed by atoms with E-state index in [4.69, 9.17) is 5.73 Å². The third-order valence-electron chi connectivity index (χ3n) is 2.42. The van der Waals surface area contributed by atoms with Crippen LogP contribution in [0.2, 0.25) is 51.4 Å². The Kier molecular flexibility index (Phi) is 5.45. The van der Waals surface area contributed by atoms with Crippen molar-refractivity contribution in [3.63, 3.8) is 0 Å². The predicted molar refractivity (Wildman–Crippen MR) is 79.5 cm³/mol. The average molecular weight is 262 g/mol. The van der Waals surface area contributed by atoms with E-state index in [0.717, 1.165) is 18.5 Å². The minimum Gasteiger partial charge on any atom is -0.390 e. The Morgan fingerprint density at radius 3 is 1.50 bits per heavy atom. The quantitative estimate of drug-likeness (QED) is 0.722. The minimum absolute atomic E-state index is 0.0951. The fourth-order valence-electron chi connectivity index (χ4n) is 2.78. The first kappa shape index (κ1) is 16.4. The molecular weight excluding hydrogens is 230 g/mol. The molecule has 0 saturated carbocycles. The number of hydrogen-bond acceptors (Lipinski definition) is 2. The number of aliphatic hydroxyl groups is 1. The highest BCUT2D eigenvalue weighted by Crippen LogP contribution is 2.33. The molecule has 4 heteroatoms. The Bertz CT molecular complexity index is 200. The van der Waals surface area contributed by atoms with Gasteiger partial charge in [-0.15, -0.1) is 0 Å². The molecule has 0 heterocycles. The molecule has 0 unspecified atom stereocenters. The monoisotopic (exact) mass is 261 g/mol. The topological polar surface area (TPSA) is 46.2 Å². The number of rotatable bonds is 6. The summed E-state index contributed by atoms with van der Waals surface area (Å²) in [6.07, 6.45) is 0.752. The molecule has 0 rings (SSSR count). The van der Waals surface area contributed by atoms with Crippen molar-refractivity contribution in [3.05, 3.63) is 0 Å². The zero-order valence-electron chi connectivity index (χ0n) is 12.2. The lowest BCUT2D eigenvalue weighted by Crippen LogP contribution is -2.46. The van der Waals surface area contributed by atoms with Gasteiger partial charge >= 0.3 is 0 Å². The van der Waals surface area contributed by atoms with Crippen LogP contribution in [-0.4, -0.2) is 32.9 Å². The van der Waals surface area contributed by atoms with Gasteiger partial charge in [-0.05, 0) is 25.4 Å². The van der Waals surface area contributed by atoms with Crippen molar-refractivity contribution in [3.8, 4) is 0 Å². The molecule has 0 radical (unpaired) electrons. The van der Waals surface area contributed by atoms with Crippen LogP contribution < -0.4 is 5.73 Å². The van der Waals surface area contributed by atoms with Gasteiger partial charge in [0.25, 0.3) is 0 Å². The highest BCUT2D eigenvalue weighted by atomic mass is 28.3. The Hall–Kier alpha value is 0.354. The summed E-state index contributed by atoms with van der Waals surface area (Å²) in [5.74, 6) is 0. The van der Waals surface area contributed by atoms with Crippen LogP contribution in [0.25, 0.3) is 0 Å². The standard InChI is InChI=1S/C12H31NOSi2/c1-11(13)8-12(14,9-15(2,3)4)10-16(5,6)7/h11,14H,8-10,13H2,1-7H3/t11-/m0/s1. The van der Waals surface area contributed by atoms with Crippen LogP contribution in [0.4, 0.5) is 0 Å². The van der Waals surface area contributed by atoms with Crippen molar-refractivity contribution in [2.45, 2.75) is 76.4 Å². The summed E-state index contributed by atoms with van der Waals surface area (Å²) in [5, 5.41) is 10.8. The van der Waals surface area contributed by atoms with Gasteiger partial charge in [0.2, 0.25) is 0 Å². The molecule has 16 heavy (non-hydrogen) atoms. The Morgan fingerprint density at radius 2 is 1.31 bits per heavy atom. The van der Waals surface area contributed by atoms with Crippen LogP contribution in [0.1, 0.15) is 13.3 Å². The summed E-state index contributed by atoms with van der Waals surface area (Å²) < 4.78 is 0. The van der Waals surface area contributed by atoms with Crippen molar-refractivity contribution in [2.75, 3.05) is 0 Å². The molecule has 3 N–H and O–H groups in total. The fraction of sp³-hybridized carbons (Fsp3) is 1.00. The maximum atomic E-state index is 10.8. The van der Waals surface area contributed by atoms with Crippen molar-refractivity contribution in [1.29, 1.82) is 0 Å². The van der Waals surface area contributed by atoms with Gasteiger partial charge in [0.1, 0.15) is 0 Å². The summed E-state index contributed by atoms with van der Waals surface area (Å²) >= 11 is 0. The minimum atomic E-state index is -1.24. The number of hydrogen-bond donors (Lipinski definition) is 2. The Balaban J connectivity index is 4.75. The second kappa shape index (κ2) is 5.33. The summed E-state index contributed by atoms with van der Waals surface area (Å²) in [6.45, 7) is 15.9. The number of nitrogens with two attached hydrogens (primary N) is 1. The van der Waals surface area contributed by atoms with E-state index in [1.807, 2.05) is 6.92 Å². The first-order chi connectivity index (χ1) is 6.83. The van der Waals surface area contributed by atoms with Gasteiger partial charge in [0.15, 0.2) is 0 Å². The van der Waals surface area contributed by atoms with E-state index in [2.05, 4.69) is 39.3 Å². The maximum Gasteiger partial charge on any atom is 0.0615 e. The molecule has 0 aliphatic rings. The van der Waals surface area contributed by atoms with Crippen molar-refractivity contribution in [2.24, 2.45) is 5.73 Å². The summed E-state index contributed by atoms with van der Waals surface area (Å²) in [4.78, 5) is 0. The van der Waals surface area contributed by atoms with Gasteiger partial charge in [-0.25, -0.2) is 0 Å². The van der Waals surface area contributed by atoms with Crippen LogP contribution >= 0.6 is 0 Å². The molecule has 0 aromatic carbocycles. The summed E-state index contributed by atoms with van der Waals surface area (Å²) in [7, 11) is -2.49. The predicted octanol–water partition coefficient (Wildman–Crippen LogP) is 3.13. The molecular formula is C12H31NOSi2. The average Bonchev–Trinajstić information content (AvgIpc) is 1.69. The SMILES string of the molecule is C[C@H](N)CC(O)(C[Si](C)(C)C)C[Si](C)(C)C. The van der Waals surface area contributed by atoms with E-state index < -0.39 is 21.7 Å². The first-order valence-corrected chi connectivity index (χ1v) is 13.7. The van der Waals surface area contributed by atoms with Crippen LogP contribution in [0.15, 0.2) is 0 Å². The third kappa shape index (κ3) is 8.50. The molecule has 2 nitrogen and oxygen atoms in total. The van der Waals surface area contributed by atoms with Crippen LogP contribution in [0, 0.1) is 0 Å². The van der Waals surface area contributed by atoms with Crippen LogP contribution in [0.3, 0.4) is 0 Å². The smallest absolute Gasteiger partial charge is 0.0615 e. The first-order valence-electron chi connectivity index (χ1n) is 6.31. The van der Waals surface area contributed by atoms with E-state index in [1.165, 1.54) is 0 Å². The molecule has 98 valence electrons.